The molecule has 0 aromatic heterocycles. The summed E-state index contributed by atoms with van der Waals surface area (Å²) in [6, 6.07) is 0. The topological polar surface area (TPSA) is 23.5 Å². The maximum absolute atomic E-state index is 10.4. The highest BCUT2D eigenvalue weighted by Crippen LogP contribution is 2.36. The molecule has 0 spiro atoms. The van der Waals surface area contributed by atoms with Crippen LogP contribution in [-0.4, -0.2) is 47.3 Å². The molecule has 2 nitrogen and oxygen atoms in total. The fraction of sp³-hybridized carbons (Fsp3) is 1.00. The van der Waals surface area contributed by atoms with Crippen molar-refractivity contribution in [3.05, 3.63) is 0 Å². The van der Waals surface area contributed by atoms with Crippen molar-refractivity contribution in [2.24, 2.45) is 5.92 Å². The summed E-state index contributed by atoms with van der Waals surface area (Å²) in [5.74, 6) is 3.06. The average molecular weight is 201 g/mol. The van der Waals surface area contributed by atoms with Gasteiger partial charge in [0.1, 0.15) is 0 Å². The summed E-state index contributed by atoms with van der Waals surface area (Å²) >= 11 is 2.03. The fourth-order valence-electron chi connectivity index (χ4n) is 2.58. The number of β-amino-alcohol motifs (C(OH)–C–C–N with tert-alkyl or cyclic N) is 1. The van der Waals surface area contributed by atoms with Crippen molar-refractivity contribution in [2.75, 3.05) is 31.6 Å². The molecule has 0 saturated carbocycles. The third-order valence-electron chi connectivity index (χ3n) is 3.45. The number of nitrogens with zero attached hydrogens (tertiary/aromatic N) is 1. The second-order valence-corrected chi connectivity index (χ2v) is 5.70. The Kier molecular flexibility index (Phi) is 2.86. The molecule has 2 heterocycles. The predicted octanol–water partition coefficient (Wildman–Crippen LogP) is 1.20. The van der Waals surface area contributed by atoms with E-state index in [0.717, 1.165) is 19.5 Å². The lowest BCUT2D eigenvalue weighted by Crippen LogP contribution is -2.41. The first-order valence-electron chi connectivity index (χ1n) is 5.19. The first kappa shape index (κ1) is 9.81. The van der Waals surface area contributed by atoms with Crippen LogP contribution < -0.4 is 0 Å². The molecule has 2 fully saturated rings. The van der Waals surface area contributed by atoms with E-state index < -0.39 is 0 Å². The van der Waals surface area contributed by atoms with Crippen LogP contribution in [0, 0.1) is 5.92 Å². The Morgan fingerprint density at radius 1 is 1.38 bits per heavy atom. The van der Waals surface area contributed by atoms with Gasteiger partial charge in [-0.15, -0.1) is 0 Å². The monoisotopic (exact) mass is 201 g/mol. The van der Waals surface area contributed by atoms with Crippen molar-refractivity contribution in [2.45, 2.75) is 24.9 Å². The first-order valence-corrected chi connectivity index (χ1v) is 6.35. The number of thioether (sulfide) groups is 1. The summed E-state index contributed by atoms with van der Waals surface area (Å²) in [6.45, 7) is 1.96. The van der Waals surface area contributed by atoms with Crippen LogP contribution in [0.4, 0.5) is 0 Å². The number of likely N-dealkylation sites (tertiary alicyclic amines) is 1. The van der Waals surface area contributed by atoms with E-state index in [1.807, 2.05) is 11.8 Å². The van der Waals surface area contributed by atoms with Crippen LogP contribution in [0.5, 0.6) is 0 Å². The van der Waals surface area contributed by atoms with E-state index in [0.29, 0.717) is 5.92 Å². The zero-order valence-electron chi connectivity index (χ0n) is 8.33. The first-order chi connectivity index (χ1) is 6.21. The minimum atomic E-state index is -0.351. The number of hydrogen-bond donors (Lipinski definition) is 1. The molecule has 0 radical (unpaired) electrons. The Balaban J connectivity index is 1.97. The molecule has 0 amide bonds. The van der Waals surface area contributed by atoms with E-state index in [-0.39, 0.29) is 5.60 Å². The Hall–Kier alpha value is 0.270. The minimum Gasteiger partial charge on any atom is -0.388 e. The van der Waals surface area contributed by atoms with Crippen LogP contribution in [-0.2, 0) is 0 Å². The van der Waals surface area contributed by atoms with Crippen molar-refractivity contribution < 1.29 is 5.11 Å². The van der Waals surface area contributed by atoms with Crippen molar-refractivity contribution in [1.29, 1.82) is 0 Å². The Morgan fingerprint density at radius 2 is 2.08 bits per heavy atom. The molecular weight excluding hydrogens is 182 g/mol. The smallest absolute Gasteiger partial charge is 0.0814 e. The molecule has 2 aliphatic rings. The van der Waals surface area contributed by atoms with Gasteiger partial charge in [0.25, 0.3) is 0 Å². The van der Waals surface area contributed by atoms with Gasteiger partial charge in [-0.1, -0.05) is 0 Å². The van der Waals surface area contributed by atoms with Gasteiger partial charge in [0, 0.05) is 13.1 Å². The third kappa shape index (κ3) is 2.03. The summed E-state index contributed by atoms with van der Waals surface area (Å²) in [6.07, 6.45) is 3.42. The summed E-state index contributed by atoms with van der Waals surface area (Å²) in [5, 5.41) is 10.4. The predicted molar refractivity (Wildman–Crippen MR) is 57.1 cm³/mol. The van der Waals surface area contributed by atoms with Crippen LogP contribution in [0.25, 0.3) is 0 Å². The number of hydrogen-bond acceptors (Lipinski definition) is 3. The summed E-state index contributed by atoms with van der Waals surface area (Å²) < 4.78 is 0. The van der Waals surface area contributed by atoms with Gasteiger partial charge in [0.2, 0.25) is 0 Å². The highest BCUT2D eigenvalue weighted by Gasteiger charge is 2.41. The van der Waals surface area contributed by atoms with Gasteiger partial charge < -0.3 is 10.0 Å². The molecular formula is C10H19NOS. The number of aliphatic hydroxyl groups is 1. The van der Waals surface area contributed by atoms with E-state index in [4.69, 9.17) is 0 Å². The van der Waals surface area contributed by atoms with Gasteiger partial charge in [0.05, 0.1) is 5.60 Å². The standard InChI is InChI=1S/C10H19NOS/c1-11-5-4-10(12,8-11)9-2-6-13-7-3-9/h9,12H,2-8H2,1H3. The Morgan fingerprint density at radius 3 is 2.62 bits per heavy atom. The molecule has 1 atom stereocenters. The van der Waals surface area contributed by atoms with Crippen LogP contribution >= 0.6 is 11.8 Å². The number of rotatable bonds is 1. The van der Waals surface area contributed by atoms with E-state index in [1.54, 1.807) is 0 Å². The van der Waals surface area contributed by atoms with Crippen LogP contribution in [0.1, 0.15) is 19.3 Å². The highest BCUT2D eigenvalue weighted by atomic mass is 32.2. The molecule has 2 aliphatic heterocycles. The van der Waals surface area contributed by atoms with Gasteiger partial charge in [-0.2, -0.15) is 11.8 Å². The molecule has 1 N–H and O–H groups in total. The molecule has 0 aromatic rings. The molecule has 0 bridgehead atoms. The van der Waals surface area contributed by atoms with Crippen LogP contribution in [0.15, 0.2) is 0 Å². The normalized spacial score (nSPS) is 38.3. The average Bonchev–Trinajstić information content (AvgIpc) is 2.49. The highest BCUT2D eigenvalue weighted by molar-refractivity contribution is 7.99. The number of likely N-dealkylation sites (N-methyl/N-ethyl adjacent to an activating group) is 1. The Labute approximate surface area is 84.7 Å². The van der Waals surface area contributed by atoms with Crippen molar-refractivity contribution in [3.8, 4) is 0 Å². The maximum atomic E-state index is 10.4. The lowest BCUT2D eigenvalue weighted by Gasteiger charge is -2.35. The lowest BCUT2D eigenvalue weighted by atomic mass is 9.82. The van der Waals surface area contributed by atoms with Crippen molar-refractivity contribution in [1.82, 2.24) is 4.90 Å². The lowest BCUT2D eigenvalue weighted by molar-refractivity contribution is -0.0106. The van der Waals surface area contributed by atoms with E-state index >= 15 is 0 Å². The largest absolute Gasteiger partial charge is 0.388 e. The third-order valence-corrected chi connectivity index (χ3v) is 4.50. The minimum absolute atomic E-state index is 0.351. The second-order valence-electron chi connectivity index (χ2n) is 4.48. The Bertz CT molecular complexity index is 182. The SMILES string of the molecule is CN1CCC(O)(C2CCSCC2)C1. The molecule has 1 unspecified atom stereocenters. The molecule has 13 heavy (non-hydrogen) atoms. The molecule has 76 valence electrons. The second kappa shape index (κ2) is 3.79. The van der Waals surface area contributed by atoms with Crippen molar-refractivity contribution >= 4 is 11.8 Å². The maximum Gasteiger partial charge on any atom is 0.0814 e. The summed E-state index contributed by atoms with van der Waals surface area (Å²) in [5.41, 5.74) is -0.351. The zero-order chi connectivity index (χ0) is 9.31. The van der Waals surface area contributed by atoms with Gasteiger partial charge in [-0.25, -0.2) is 0 Å². The quantitative estimate of drug-likeness (QED) is 0.689. The van der Waals surface area contributed by atoms with E-state index in [1.165, 1.54) is 24.3 Å². The molecule has 2 saturated heterocycles. The van der Waals surface area contributed by atoms with Crippen molar-refractivity contribution in [3.63, 3.8) is 0 Å². The van der Waals surface area contributed by atoms with Gasteiger partial charge in [-0.3, -0.25) is 0 Å². The van der Waals surface area contributed by atoms with Gasteiger partial charge in [0.15, 0.2) is 0 Å². The summed E-state index contributed by atoms with van der Waals surface area (Å²) in [4.78, 5) is 2.25. The van der Waals surface area contributed by atoms with E-state index in [2.05, 4.69) is 11.9 Å². The molecule has 0 aromatic carbocycles. The van der Waals surface area contributed by atoms with Gasteiger partial charge in [-0.05, 0) is 43.7 Å². The molecule has 2 rings (SSSR count). The van der Waals surface area contributed by atoms with Gasteiger partial charge >= 0.3 is 0 Å². The van der Waals surface area contributed by atoms with Crippen LogP contribution in [0.3, 0.4) is 0 Å². The zero-order valence-corrected chi connectivity index (χ0v) is 9.15. The molecule has 0 aliphatic carbocycles. The fourth-order valence-corrected chi connectivity index (χ4v) is 3.68. The molecule has 3 heteroatoms. The van der Waals surface area contributed by atoms with E-state index in [9.17, 15) is 5.11 Å². The summed E-state index contributed by atoms with van der Waals surface area (Å²) in [7, 11) is 2.11. The van der Waals surface area contributed by atoms with Crippen LogP contribution in [0.2, 0.25) is 0 Å².